The Bertz CT molecular complexity index is 455. The third kappa shape index (κ3) is 6.95. The number of hydrogen-bond donors (Lipinski definition) is 2. The van der Waals surface area contributed by atoms with E-state index in [0.29, 0.717) is 6.04 Å². The Morgan fingerprint density at radius 3 is 2.83 bits per heavy atom. The summed E-state index contributed by atoms with van der Waals surface area (Å²) in [5, 5.41) is 6.87. The van der Waals surface area contributed by atoms with Crippen molar-refractivity contribution in [2.24, 2.45) is 4.99 Å². The number of nitrogens with one attached hydrogen (secondary N) is 2. The van der Waals surface area contributed by atoms with Crippen LogP contribution in [0.2, 0.25) is 0 Å². The molecular weight excluding hydrogens is 403 g/mol. The molecule has 0 saturated carbocycles. The first kappa shape index (κ1) is 20.0. The maximum atomic E-state index is 5.06. The van der Waals surface area contributed by atoms with Crippen molar-refractivity contribution >= 4 is 35.6 Å². The largest absolute Gasteiger partial charge is 0.385 e. The summed E-state index contributed by atoms with van der Waals surface area (Å²) in [4.78, 5) is 7.03. The molecule has 1 aliphatic rings. The standard InChI is InChI=1S/C17H28N4O.HI/c1-3-18-17(19-11-7-13-22-2)20-15-10-12-21(14-15)16-8-5-4-6-9-16;/h4-6,8-9,15H,3,7,10-14H2,1-2H3,(H2,18,19,20);1H. The number of para-hydroxylation sites is 1. The van der Waals surface area contributed by atoms with Crippen LogP contribution in [0.15, 0.2) is 35.3 Å². The second kappa shape index (κ2) is 11.5. The van der Waals surface area contributed by atoms with Crippen molar-refractivity contribution in [3.05, 3.63) is 30.3 Å². The number of methoxy groups -OCH3 is 1. The molecule has 0 amide bonds. The number of nitrogens with zero attached hydrogens (tertiary/aromatic N) is 2. The monoisotopic (exact) mass is 432 g/mol. The minimum Gasteiger partial charge on any atom is -0.385 e. The number of hydrogen-bond acceptors (Lipinski definition) is 3. The Morgan fingerprint density at radius 2 is 2.13 bits per heavy atom. The highest BCUT2D eigenvalue weighted by Crippen LogP contribution is 2.19. The fourth-order valence-corrected chi connectivity index (χ4v) is 2.66. The predicted molar refractivity (Wildman–Crippen MR) is 108 cm³/mol. The second-order valence-corrected chi connectivity index (χ2v) is 5.52. The molecule has 0 aromatic heterocycles. The topological polar surface area (TPSA) is 48.9 Å². The molecule has 1 atom stereocenters. The van der Waals surface area contributed by atoms with E-state index in [4.69, 9.17) is 4.74 Å². The first-order chi connectivity index (χ1) is 10.8. The third-order valence-electron chi connectivity index (χ3n) is 3.77. The number of rotatable bonds is 7. The molecule has 1 unspecified atom stereocenters. The zero-order chi connectivity index (χ0) is 15.6. The van der Waals surface area contributed by atoms with Gasteiger partial charge in [-0.15, -0.1) is 24.0 Å². The number of aliphatic imine (C=N–C) groups is 1. The van der Waals surface area contributed by atoms with E-state index in [2.05, 4.69) is 57.8 Å². The molecular formula is C17H29IN4O. The van der Waals surface area contributed by atoms with Crippen LogP contribution in [0.3, 0.4) is 0 Å². The highest BCUT2D eigenvalue weighted by atomic mass is 127. The van der Waals surface area contributed by atoms with Gasteiger partial charge in [-0.3, -0.25) is 4.99 Å². The average Bonchev–Trinajstić information content (AvgIpc) is 3.01. The van der Waals surface area contributed by atoms with E-state index in [-0.39, 0.29) is 24.0 Å². The second-order valence-electron chi connectivity index (χ2n) is 5.52. The van der Waals surface area contributed by atoms with Crippen molar-refractivity contribution in [1.29, 1.82) is 0 Å². The lowest BCUT2D eigenvalue weighted by Crippen LogP contribution is -2.44. The number of ether oxygens (including phenoxy) is 1. The minimum atomic E-state index is 0. The molecule has 0 spiro atoms. The molecule has 0 bridgehead atoms. The molecule has 1 aromatic rings. The Labute approximate surface area is 156 Å². The number of guanidine groups is 1. The Morgan fingerprint density at radius 1 is 1.35 bits per heavy atom. The Balaban J connectivity index is 0.00000264. The van der Waals surface area contributed by atoms with Gasteiger partial charge in [-0.1, -0.05) is 18.2 Å². The van der Waals surface area contributed by atoms with Gasteiger partial charge < -0.3 is 20.3 Å². The quantitative estimate of drug-likeness (QED) is 0.301. The summed E-state index contributed by atoms with van der Waals surface area (Å²) in [6, 6.07) is 11.0. The molecule has 2 rings (SSSR count). The van der Waals surface area contributed by atoms with Gasteiger partial charge in [0.2, 0.25) is 0 Å². The van der Waals surface area contributed by atoms with Gasteiger partial charge in [0, 0.05) is 51.6 Å². The van der Waals surface area contributed by atoms with Crippen LogP contribution in [0.25, 0.3) is 0 Å². The van der Waals surface area contributed by atoms with E-state index in [1.54, 1.807) is 7.11 Å². The Kier molecular flexibility index (Phi) is 10.0. The summed E-state index contributed by atoms with van der Waals surface area (Å²) in [7, 11) is 1.73. The fourth-order valence-electron chi connectivity index (χ4n) is 2.66. The van der Waals surface area contributed by atoms with Crippen LogP contribution < -0.4 is 15.5 Å². The Hall–Kier alpha value is -1.02. The van der Waals surface area contributed by atoms with Gasteiger partial charge in [0.05, 0.1) is 0 Å². The third-order valence-corrected chi connectivity index (χ3v) is 3.77. The molecule has 1 saturated heterocycles. The SMILES string of the molecule is CCNC(=NCCCOC)NC1CCN(c2ccccc2)C1.I. The van der Waals surface area contributed by atoms with Crippen LogP contribution in [0.1, 0.15) is 19.8 Å². The van der Waals surface area contributed by atoms with Crippen molar-refractivity contribution in [2.75, 3.05) is 44.8 Å². The molecule has 6 heteroatoms. The van der Waals surface area contributed by atoms with Gasteiger partial charge in [0.25, 0.3) is 0 Å². The van der Waals surface area contributed by atoms with E-state index in [9.17, 15) is 0 Å². The van der Waals surface area contributed by atoms with Crippen LogP contribution in [0, 0.1) is 0 Å². The van der Waals surface area contributed by atoms with Crippen LogP contribution in [-0.4, -0.2) is 51.9 Å². The average molecular weight is 432 g/mol. The van der Waals surface area contributed by atoms with Crippen LogP contribution >= 0.6 is 24.0 Å². The van der Waals surface area contributed by atoms with E-state index < -0.39 is 0 Å². The van der Waals surface area contributed by atoms with Gasteiger partial charge in [0.15, 0.2) is 5.96 Å². The zero-order valence-corrected chi connectivity index (χ0v) is 16.5. The predicted octanol–water partition coefficient (Wildman–Crippen LogP) is 2.47. The summed E-state index contributed by atoms with van der Waals surface area (Å²) in [5.41, 5.74) is 1.30. The smallest absolute Gasteiger partial charge is 0.191 e. The van der Waals surface area contributed by atoms with E-state index in [1.165, 1.54) is 5.69 Å². The molecule has 2 N–H and O–H groups in total. The lowest BCUT2D eigenvalue weighted by Gasteiger charge is -2.20. The van der Waals surface area contributed by atoms with Gasteiger partial charge in [-0.2, -0.15) is 0 Å². The van der Waals surface area contributed by atoms with E-state index >= 15 is 0 Å². The maximum absolute atomic E-state index is 5.06. The zero-order valence-electron chi connectivity index (χ0n) is 14.1. The van der Waals surface area contributed by atoms with Gasteiger partial charge in [-0.25, -0.2) is 0 Å². The lowest BCUT2D eigenvalue weighted by molar-refractivity contribution is 0.197. The highest BCUT2D eigenvalue weighted by Gasteiger charge is 2.23. The summed E-state index contributed by atoms with van der Waals surface area (Å²) in [6.07, 6.45) is 2.09. The number of anilines is 1. The van der Waals surface area contributed by atoms with Crippen LogP contribution in [0.4, 0.5) is 5.69 Å². The molecule has 1 heterocycles. The molecule has 1 fully saturated rings. The van der Waals surface area contributed by atoms with Crippen molar-refractivity contribution in [1.82, 2.24) is 10.6 Å². The fraction of sp³-hybridized carbons (Fsp3) is 0.588. The van der Waals surface area contributed by atoms with Gasteiger partial charge in [-0.05, 0) is 31.9 Å². The minimum absolute atomic E-state index is 0. The van der Waals surface area contributed by atoms with Gasteiger partial charge >= 0.3 is 0 Å². The number of halogens is 1. The van der Waals surface area contributed by atoms with Crippen molar-refractivity contribution < 1.29 is 4.74 Å². The van der Waals surface area contributed by atoms with Crippen molar-refractivity contribution in [3.63, 3.8) is 0 Å². The first-order valence-electron chi connectivity index (χ1n) is 8.17. The summed E-state index contributed by atoms with van der Waals surface area (Å²) in [6.45, 7) is 6.63. The van der Waals surface area contributed by atoms with Gasteiger partial charge in [0.1, 0.15) is 0 Å². The normalized spacial score (nSPS) is 17.7. The summed E-state index contributed by atoms with van der Waals surface area (Å²) in [5.74, 6) is 0.915. The van der Waals surface area contributed by atoms with Crippen molar-refractivity contribution in [3.8, 4) is 0 Å². The van der Waals surface area contributed by atoms with E-state index in [1.807, 2.05) is 0 Å². The molecule has 1 aliphatic heterocycles. The molecule has 5 nitrogen and oxygen atoms in total. The number of benzene rings is 1. The molecule has 0 radical (unpaired) electrons. The molecule has 23 heavy (non-hydrogen) atoms. The van der Waals surface area contributed by atoms with Crippen LogP contribution in [-0.2, 0) is 4.74 Å². The first-order valence-corrected chi connectivity index (χ1v) is 8.17. The summed E-state index contributed by atoms with van der Waals surface area (Å²) < 4.78 is 5.06. The van der Waals surface area contributed by atoms with Crippen LogP contribution in [0.5, 0.6) is 0 Å². The highest BCUT2D eigenvalue weighted by molar-refractivity contribution is 14.0. The maximum Gasteiger partial charge on any atom is 0.191 e. The molecule has 0 aliphatic carbocycles. The molecule has 1 aromatic carbocycles. The molecule has 130 valence electrons. The van der Waals surface area contributed by atoms with E-state index in [0.717, 1.165) is 51.6 Å². The summed E-state index contributed by atoms with van der Waals surface area (Å²) >= 11 is 0. The van der Waals surface area contributed by atoms with Crippen molar-refractivity contribution in [2.45, 2.75) is 25.8 Å². The lowest BCUT2D eigenvalue weighted by atomic mass is 10.3.